The number of hydrogen-bond acceptors (Lipinski definition) is 2. The van der Waals surface area contributed by atoms with Crippen LogP contribution in [-0.4, -0.2) is 21.1 Å². The van der Waals surface area contributed by atoms with Crippen LogP contribution in [0.15, 0.2) is 18.7 Å². The summed E-state index contributed by atoms with van der Waals surface area (Å²) in [6.45, 7) is 10.6. The van der Waals surface area contributed by atoms with Crippen LogP contribution in [0.5, 0.6) is 0 Å². The Kier molecular flexibility index (Phi) is 3.41. The summed E-state index contributed by atoms with van der Waals surface area (Å²) in [4.78, 5) is 15.7. The Morgan fingerprint density at radius 1 is 1.31 bits per heavy atom. The van der Waals surface area contributed by atoms with Gasteiger partial charge in [0.1, 0.15) is 6.33 Å². The van der Waals surface area contributed by atoms with Crippen LogP contribution in [0.2, 0.25) is 0 Å². The molecule has 0 aliphatic rings. The number of hydrogen-bond donors (Lipinski definition) is 1. The largest absolute Gasteiger partial charge is 0.332 e. The number of rotatable bonds is 2. The summed E-state index contributed by atoms with van der Waals surface area (Å²) in [7, 11) is 0. The van der Waals surface area contributed by atoms with Gasteiger partial charge in [0, 0.05) is 17.9 Å². The Balaban J connectivity index is 2.63. The van der Waals surface area contributed by atoms with E-state index in [0.717, 1.165) is 6.42 Å². The first-order valence-electron chi connectivity index (χ1n) is 5.50. The van der Waals surface area contributed by atoms with Crippen LogP contribution in [0.1, 0.15) is 41.0 Å². The SMILES string of the molecule is CC(C)(C)CC(C)(C)NC(=O)n1ccnc1. The zero-order valence-electron chi connectivity index (χ0n) is 10.7. The zero-order valence-corrected chi connectivity index (χ0v) is 10.7. The lowest BCUT2D eigenvalue weighted by molar-refractivity contribution is 0.212. The van der Waals surface area contributed by atoms with Gasteiger partial charge in [-0.15, -0.1) is 0 Å². The van der Waals surface area contributed by atoms with Gasteiger partial charge in [0.15, 0.2) is 0 Å². The van der Waals surface area contributed by atoms with Crippen molar-refractivity contribution >= 4 is 6.03 Å². The molecule has 0 unspecified atom stereocenters. The summed E-state index contributed by atoms with van der Waals surface area (Å²) in [6.07, 6.45) is 5.65. The molecule has 1 amide bonds. The maximum Gasteiger partial charge on any atom is 0.327 e. The summed E-state index contributed by atoms with van der Waals surface area (Å²) in [5, 5.41) is 3.00. The number of aromatic nitrogens is 2. The van der Waals surface area contributed by atoms with Gasteiger partial charge in [-0.05, 0) is 25.7 Å². The van der Waals surface area contributed by atoms with E-state index in [1.165, 1.54) is 10.9 Å². The van der Waals surface area contributed by atoms with Crippen molar-refractivity contribution in [3.63, 3.8) is 0 Å². The van der Waals surface area contributed by atoms with Gasteiger partial charge in [-0.1, -0.05) is 20.8 Å². The summed E-state index contributed by atoms with van der Waals surface area (Å²) in [6, 6.07) is -0.133. The maximum atomic E-state index is 11.8. The minimum Gasteiger partial charge on any atom is -0.332 e. The molecule has 90 valence electrons. The van der Waals surface area contributed by atoms with Crippen LogP contribution in [0, 0.1) is 5.41 Å². The van der Waals surface area contributed by atoms with Crippen LogP contribution < -0.4 is 5.32 Å². The van der Waals surface area contributed by atoms with Crippen molar-refractivity contribution in [2.45, 2.75) is 46.6 Å². The first kappa shape index (κ1) is 12.7. The monoisotopic (exact) mass is 223 g/mol. The fraction of sp³-hybridized carbons (Fsp3) is 0.667. The quantitative estimate of drug-likeness (QED) is 0.837. The second kappa shape index (κ2) is 4.28. The van der Waals surface area contributed by atoms with Gasteiger partial charge in [0.25, 0.3) is 0 Å². The number of nitrogens with one attached hydrogen (secondary N) is 1. The number of carbonyl (C=O) groups is 1. The average molecular weight is 223 g/mol. The average Bonchev–Trinajstić information content (AvgIpc) is 2.48. The van der Waals surface area contributed by atoms with Crippen molar-refractivity contribution in [1.29, 1.82) is 0 Å². The first-order chi connectivity index (χ1) is 7.20. The maximum absolute atomic E-state index is 11.8. The van der Waals surface area contributed by atoms with E-state index in [-0.39, 0.29) is 17.0 Å². The van der Waals surface area contributed by atoms with Gasteiger partial charge in [0.2, 0.25) is 0 Å². The lowest BCUT2D eigenvalue weighted by atomic mass is 9.82. The topological polar surface area (TPSA) is 46.9 Å². The smallest absolute Gasteiger partial charge is 0.327 e. The second-order valence-corrected chi connectivity index (χ2v) is 6.02. The summed E-state index contributed by atoms with van der Waals surface area (Å²) in [5.41, 5.74) is -0.0364. The molecule has 0 bridgehead atoms. The van der Waals surface area contributed by atoms with Crippen molar-refractivity contribution in [3.05, 3.63) is 18.7 Å². The van der Waals surface area contributed by atoms with Crippen LogP contribution >= 0.6 is 0 Å². The molecule has 0 aliphatic heterocycles. The standard InChI is InChI=1S/C12H21N3O/c1-11(2,3)8-12(4,5)14-10(16)15-7-6-13-9-15/h6-7,9H,8H2,1-5H3,(H,14,16). The van der Waals surface area contributed by atoms with E-state index in [2.05, 4.69) is 31.1 Å². The van der Waals surface area contributed by atoms with E-state index in [9.17, 15) is 4.79 Å². The molecule has 0 spiro atoms. The van der Waals surface area contributed by atoms with E-state index in [0.29, 0.717) is 0 Å². The first-order valence-corrected chi connectivity index (χ1v) is 5.50. The van der Waals surface area contributed by atoms with Gasteiger partial charge in [-0.2, -0.15) is 0 Å². The molecule has 0 fully saturated rings. The highest BCUT2D eigenvalue weighted by atomic mass is 16.2. The van der Waals surface area contributed by atoms with Crippen molar-refractivity contribution in [3.8, 4) is 0 Å². The van der Waals surface area contributed by atoms with Crippen LogP contribution in [0.3, 0.4) is 0 Å². The summed E-state index contributed by atoms with van der Waals surface area (Å²) >= 11 is 0. The van der Waals surface area contributed by atoms with Crippen molar-refractivity contribution in [1.82, 2.24) is 14.9 Å². The number of amides is 1. The van der Waals surface area contributed by atoms with E-state index >= 15 is 0 Å². The summed E-state index contributed by atoms with van der Waals surface area (Å²) in [5.74, 6) is 0. The minimum atomic E-state index is -0.223. The molecule has 16 heavy (non-hydrogen) atoms. The number of nitrogens with zero attached hydrogens (tertiary/aromatic N) is 2. The molecule has 0 saturated carbocycles. The van der Waals surface area contributed by atoms with Crippen molar-refractivity contribution < 1.29 is 4.79 Å². The molecule has 4 heteroatoms. The van der Waals surface area contributed by atoms with E-state index in [1.54, 1.807) is 12.4 Å². The lowest BCUT2D eigenvalue weighted by Crippen LogP contribution is -2.47. The van der Waals surface area contributed by atoms with Crippen molar-refractivity contribution in [2.24, 2.45) is 5.41 Å². The molecule has 0 saturated heterocycles. The number of imidazole rings is 1. The molecule has 1 aromatic heterocycles. The highest BCUT2D eigenvalue weighted by Gasteiger charge is 2.27. The molecular formula is C12H21N3O. The minimum absolute atomic E-state index is 0.133. The molecule has 4 nitrogen and oxygen atoms in total. The van der Waals surface area contributed by atoms with Crippen LogP contribution in [-0.2, 0) is 0 Å². The number of carbonyl (C=O) groups excluding carboxylic acids is 1. The van der Waals surface area contributed by atoms with E-state index in [1.807, 2.05) is 13.8 Å². The molecule has 1 heterocycles. The summed E-state index contributed by atoms with van der Waals surface area (Å²) < 4.78 is 1.45. The molecule has 0 atom stereocenters. The Bertz CT molecular complexity index is 347. The Hall–Kier alpha value is -1.32. The Morgan fingerprint density at radius 2 is 1.94 bits per heavy atom. The third-order valence-electron chi connectivity index (χ3n) is 2.16. The van der Waals surface area contributed by atoms with E-state index < -0.39 is 0 Å². The Morgan fingerprint density at radius 3 is 2.38 bits per heavy atom. The molecule has 0 aromatic carbocycles. The molecule has 0 radical (unpaired) electrons. The molecule has 1 aromatic rings. The molecular weight excluding hydrogens is 202 g/mol. The normalized spacial score (nSPS) is 12.6. The third kappa shape index (κ3) is 4.04. The lowest BCUT2D eigenvalue weighted by Gasteiger charge is -2.33. The van der Waals surface area contributed by atoms with Gasteiger partial charge >= 0.3 is 6.03 Å². The van der Waals surface area contributed by atoms with Crippen molar-refractivity contribution in [2.75, 3.05) is 0 Å². The van der Waals surface area contributed by atoms with Gasteiger partial charge in [0.05, 0.1) is 0 Å². The van der Waals surface area contributed by atoms with Crippen LogP contribution in [0.4, 0.5) is 4.79 Å². The fourth-order valence-corrected chi connectivity index (χ4v) is 2.10. The molecule has 1 rings (SSSR count). The fourth-order valence-electron chi connectivity index (χ4n) is 2.10. The van der Waals surface area contributed by atoms with Gasteiger partial charge in [-0.3, -0.25) is 4.57 Å². The molecule has 1 N–H and O–H groups in total. The molecule has 0 aliphatic carbocycles. The zero-order chi connectivity index (χ0) is 12.4. The Labute approximate surface area is 97.1 Å². The highest BCUT2D eigenvalue weighted by molar-refractivity contribution is 5.77. The van der Waals surface area contributed by atoms with E-state index in [4.69, 9.17) is 0 Å². The van der Waals surface area contributed by atoms with Gasteiger partial charge < -0.3 is 5.32 Å². The van der Waals surface area contributed by atoms with Gasteiger partial charge in [-0.25, -0.2) is 9.78 Å². The highest BCUT2D eigenvalue weighted by Crippen LogP contribution is 2.26. The predicted molar refractivity (Wildman–Crippen MR) is 64.3 cm³/mol. The predicted octanol–water partition coefficient (Wildman–Crippen LogP) is 2.66. The third-order valence-corrected chi connectivity index (χ3v) is 2.16. The van der Waals surface area contributed by atoms with Crippen LogP contribution in [0.25, 0.3) is 0 Å². The second-order valence-electron chi connectivity index (χ2n) is 6.02.